The van der Waals surface area contributed by atoms with Gasteiger partial charge in [-0.3, -0.25) is 0 Å². The summed E-state index contributed by atoms with van der Waals surface area (Å²) in [5.74, 6) is 0.681. The summed E-state index contributed by atoms with van der Waals surface area (Å²) in [6.45, 7) is 6.43. The van der Waals surface area contributed by atoms with E-state index in [4.69, 9.17) is 19.7 Å². The number of hydrogen-bond acceptors (Lipinski definition) is 8. The van der Waals surface area contributed by atoms with Crippen LogP contribution in [0.1, 0.15) is 48.9 Å². The molecule has 0 fully saturated rings. The second-order valence-corrected chi connectivity index (χ2v) is 11.4. The largest absolute Gasteiger partial charge is 0.497 e. The number of ether oxygens (including phenoxy) is 2. The van der Waals surface area contributed by atoms with Gasteiger partial charge in [-0.2, -0.15) is 10.2 Å². The topological polar surface area (TPSA) is 66.7 Å². The Morgan fingerprint density at radius 2 is 1.48 bits per heavy atom. The molecule has 6 rings (SSSR count). The summed E-state index contributed by atoms with van der Waals surface area (Å²) in [4.78, 5) is 12.1. The Morgan fingerprint density at radius 3 is 2.14 bits per heavy atom. The molecule has 0 radical (unpaired) electrons. The molecule has 0 N–H and O–H groups in total. The van der Waals surface area contributed by atoms with E-state index in [2.05, 4.69) is 50.2 Å². The van der Waals surface area contributed by atoms with Gasteiger partial charge in [-0.1, -0.05) is 80.6 Å². The van der Waals surface area contributed by atoms with Crippen molar-refractivity contribution in [2.24, 2.45) is 10.2 Å². The number of carbonyl (C=O) groups is 1. The molecule has 2 heterocycles. The van der Waals surface area contributed by atoms with Gasteiger partial charge in [0.05, 0.1) is 30.8 Å². The van der Waals surface area contributed by atoms with Crippen molar-refractivity contribution in [1.29, 1.82) is 0 Å². The quantitative estimate of drug-likeness (QED) is 0.215. The van der Waals surface area contributed by atoms with Crippen LogP contribution in [0.2, 0.25) is 0 Å². The molecule has 4 aromatic carbocycles. The molecule has 7 nitrogen and oxygen atoms in total. The highest BCUT2D eigenvalue weighted by Crippen LogP contribution is 2.55. The van der Waals surface area contributed by atoms with Gasteiger partial charge in [0.1, 0.15) is 5.75 Å². The third kappa shape index (κ3) is 4.71. The Bertz CT molecular complexity index is 1650. The molecule has 1 spiro atoms. The fourth-order valence-corrected chi connectivity index (χ4v) is 6.53. The van der Waals surface area contributed by atoms with Crippen LogP contribution in [0, 0.1) is 0 Å². The normalized spacial score (nSPS) is 17.6. The number of thioether (sulfide) groups is 1. The zero-order valence-electron chi connectivity index (χ0n) is 24.0. The molecule has 1 atom stereocenters. The number of carbonyl (C=O) groups excluding carboxylic acids is 1. The minimum Gasteiger partial charge on any atom is -0.497 e. The highest BCUT2D eigenvalue weighted by Gasteiger charge is 2.56. The first-order valence-electron chi connectivity index (χ1n) is 14.0. The van der Waals surface area contributed by atoms with Crippen molar-refractivity contribution in [2.45, 2.75) is 31.7 Å². The van der Waals surface area contributed by atoms with E-state index in [1.54, 1.807) is 14.0 Å². The number of esters is 1. The number of anilines is 2. The molecule has 0 saturated heterocycles. The standard InChI is InChI=1S/C34H32N4O3S/c1-5-41-33(39)32-36-38(27-19-21-28(40-4)22-20-27)34(42-32)30-14-10-9-13-29(30)31(25-17-15-24(16-18-25)23(2)3)35-37(34)26-11-7-6-8-12-26/h6-23H,5H2,1-4H3. The van der Waals surface area contributed by atoms with E-state index in [0.29, 0.717) is 5.92 Å². The number of hydrazone groups is 2. The molecule has 1 unspecified atom stereocenters. The third-order valence-electron chi connectivity index (χ3n) is 7.36. The first-order valence-corrected chi connectivity index (χ1v) is 14.8. The van der Waals surface area contributed by atoms with Crippen molar-refractivity contribution < 1.29 is 14.3 Å². The predicted octanol–water partition coefficient (Wildman–Crippen LogP) is 7.33. The van der Waals surface area contributed by atoms with Gasteiger partial charge in [0.2, 0.25) is 10.0 Å². The molecule has 42 heavy (non-hydrogen) atoms. The minimum absolute atomic E-state index is 0.252. The van der Waals surface area contributed by atoms with Crippen LogP contribution in [-0.2, 0) is 14.5 Å². The molecule has 8 heteroatoms. The smallest absolute Gasteiger partial charge is 0.365 e. The van der Waals surface area contributed by atoms with E-state index in [1.807, 2.05) is 76.7 Å². The lowest BCUT2D eigenvalue weighted by Crippen LogP contribution is -2.54. The SMILES string of the molecule is CCOC(=O)C1=NN(c2ccc(OC)cc2)C2(S1)c1ccccc1C(c1ccc(C(C)C)cc1)=NN2c1ccccc1. The molecule has 0 bridgehead atoms. The van der Waals surface area contributed by atoms with Crippen LogP contribution in [0.5, 0.6) is 5.75 Å². The second kappa shape index (κ2) is 11.4. The number of rotatable bonds is 7. The zero-order valence-corrected chi connectivity index (χ0v) is 24.8. The van der Waals surface area contributed by atoms with Crippen LogP contribution < -0.4 is 14.8 Å². The average Bonchev–Trinajstić information content (AvgIpc) is 3.43. The van der Waals surface area contributed by atoms with E-state index in [1.165, 1.54) is 17.3 Å². The summed E-state index contributed by atoms with van der Waals surface area (Å²) in [7, 11) is 1.64. The fraction of sp³-hybridized carbons (Fsp3) is 0.206. The summed E-state index contributed by atoms with van der Waals surface area (Å²) in [5.41, 5.74) is 6.67. The maximum atomic E-state index is 13.2. The number of methoxy groups -OCH3 is 1. The van der Waals surface area contributed by atoms with Crippen molar-refractivity contribution in [2.75, 3.05) is 23.7 Å². The van der Waals surface area contributed by atoms with E-state index < -0.39 is 11.0 Å². The summed E-state index contributed by atoms with van der Waals surface area (Å²) in [6, 6.07) is 34.5. The number of fused-ring (bicyclic) bond motifs is 2. The van der Waals surface area contributed by atoms with Crippen molar-refractivity contribution in [1.82, 2.24) is 0 Å². The van der Waals surface area contributed by atoms with Crippen LogP contribution in [0.15, 0.2) is 113 Å². The van der Waals surface area contributed by atoms with Crippen LogP contribution in [0.4, 0.5) is 11.4 Å². The van der Waals surface area contributed by atoms with Crippen molar-refractivity contribution in [3.63, 3.8) is 0 Å². The van der Waals surface area contributed by atoms with E-state index in [0.717, 1.165) is 39.5 Å². The average molecular weight is 577 g/mol. The summed E-state index contributed by atoms with van der Waals surface area (Å²) in [5, 5.41) is 14.4. The zero-order chi connectivity index (χ0) is 29.3. The monoisotopic (exact) mass is 576 g/mol. The van der Waals surface area contributed by atoms with Gasteiger partial charge in [-0.15, -0.1) is 0 Å². The van der Waals surface area contributed by atoms with Gasteiger partial charge in [0.15, 0.2) is 0 Å². The first-order chi connectivity index (χ1) is 20.5. The molecular weight excluding hydrogens is 544 g/mol. The second-order valence-electron chi connectivity index (χ2n) is 10.3. The van der Waals surface area contributed by atoms with Gasteiger partial charge in [-0.05, 0) is 66.6 Å². The van der Waals surface area contributed by atoms with Gasteiger partial charge < -0.3 is 9.47 Å². The first kappa shape index (κ1) is 27.6. The molecule has 0 aromatic heterocycles. The number of hydrogen-bond donors (Lipinski definition) is 0. The number of nitrogens with zero attached hydrogens (tertiary/aromatic N) is 4. The van der Waals surface area contributed by atoms with E-state index in [-0.39, 0.29) is 11.7 Å². The van der Waals surface area contributed by atoms with Crippen LogP contribution in [0.25, 0.3) is 0 Å². The lowest BCUT2D eigenvalue weighted by molar-refractivity contribution is -0.134. The third-order valence-corrected chi connectivity index (χ3v) is 8.65. The Kier molecular flexibility index (Phi) is 7.47. The molecule has 2 aliphatic rings. The van der Waals surface area contributed by atoms with Gasteiger partial charge in [0, 0.05) is 16.7 Å². The summed E-state index contributed by atoms with van der Waals surface area (Å²) < 4.78 is 10.9. The molecule has 0 saturated carbocycles. The lowest BCUT2D eigenvalue weighted by Gasteiger charge is -2.47. The Balaban J connectivity index is 1.60. The maximum Gasteiger partial charge on any atom is 0.365 e. The fourth-order valence-electron chi connectivity index (χ4n) is 5.24. The predicted molar refractivity (Wildman–Crippen MR) is 170 cm³/mol. The molecular formula is C34H32N4O3S. The van der Waals surface area contributed by atoms with Crippen molar-refractivity contribution >= 4 is 39.9 Å². The lowest BCUT2D eigenvalue weighted by atomic mass is 9.92. The highest BCUT2D eigenvalue weighted by molar-refractivity contribution is 8.16. The van der Waals surface area contributed by atoms with E-state index in [9.17, 15) is 4.79 Å². The Hall–Kier alpha value is -4.56. The van der Waals surface area contributed by atoms with Gasteiger partial charge >= 0.3 is 5.97 Å². The molecule has 0 amide bonds. The van der Waals surface area contributed by atoms with Crippen molar-refractivity contribution in [3.8, 4) is 5.75 Å². The molecule has 212 valence electrons. The maximum absolute atomic E-state index is 13.2. The van der Waals surface area contributed by atoms with Gasteiger partial charge in [-0.25, -0.2) is 14.8 Å². The van der Waals surface area contributed by atoms with E-state index >= 15 is 0 Å². The van der Waals surface area contributed by atoms with Gasteiger partial charge in [0.25, 0.3) is 0 Å². The highest BCUT2D eigenvalue weighted by atomic mass is 32.2. The minimum atomic E-state index is -1.06. The van der Waals surface area contributed by atoms with Crippen LogP contribution in [0.3, 0.4) is 0 Å². The Labute approximate surface area is 250 Å². The molecule has 2 aliphatic heterocycles. The van der Waals surface area contributed by atoms with Crippen LogP contribution >= 0.6 is 11.8 Å². The van der Waals surface area contributed by atoms with Crippen molar-refractivity contribution in [3.05, 3.63) is 125 Å². The number of para-hydroxylation sites is 1. The van der Waals surface area contributed by atoms with Crippen LogP contribution in [-0.4, -0.2) is 30.4 Å². The Morgan fingerprint density at radius 1 is 0.833 bits per heavy atom. The molecule has 0 aliphatic carbocycles. The summed E-state index contributed by atoms with van der Waals surface area (Å²) in [6.07, 6.45) is 0. The molecule has 4 aromatic rings. The number of benzene rings is 4. The summed E-state index contributed by atoms with van der Waals surface area (Å²) >= 11 is 1.33.